The first kappa shape index (κ1) is 21.6. The maximum absolute atomic E-state index is 12.9. The molecule has 5 heteroatoms. The average Bonchev–Trinajstić information content (AvgIpc) is 2.85. The van der Waals surface area contributed by atoms with Crippen LogP contribution in [-0.2, 0) is 6.42 Å². The van der Waals surface area contributed by atoms with Crippen LogP contribution in [0.1, 0.15) is 45.5 Å². The van der Waals surface area contributed by atoms with Crippen molar-refractivity contribution >= 4 is 17.5 Å². The van der Waals surface area contributed by atoms with Gasteiger partial charge in [-0.1, -0.05) is 42.5 Å². The Bertz CT molecular complexity index is 1040. The number of carbonyl (C=O) groups excluding carboxylic acids is 2. The van der Waals surface area contributed by atoms with Gasteiger partial charge in [-0.15, -0.1) is 0 Å². The second-order valence-corrected chi connectivity index (χ2v) is 7.96. The topological polar surface area (TPSA) is 58.6 Å². The molecule has 0 unspecified atom stereocenters. The number of piperidine rings is 1. The summed E-state index contributed by atoms with van der Waals surface area (Å²) in [4.78, 5) is 27.6. The molecular formula is C27H28N2O3. The molecule has 1 heterocycles. The fraction of sp³-hybridized carbons (Fsp3) is 0.259. The van der Waals surface area contributed by atoms with Crippen LogP contribution in [0.15, 0.2) is 78.9 Å². The number of para-hydroxylation sites is 1. The molecule has 5 nitrogen and oxygen atoms in total. The lowest BCUT2D eigenvalue weighted by Gasteiger charge is -2.27. The number of rotatable bonds is 7. The number of nitrogens with zero attached hydrogens (tertiary/aromatic N) is 1. The van der Waals surface area contributed by atoms with Crippen LogP contribution < -0.4 is 10.1 Å². The Hall–Kier alpha value is -3.60. The van der Waals surface area contributed by atoms with Crippen molar-refractivity contribution in [3.05, 3.63) is 95.6 Å². The van der Waals surface area contributed by atoms with Gasteiger partial charge in [0.2, 0.25) is 0 Å². The van der Waals surface area contributed by atoms with Gasteiger partial charge >= 0.3 is 0 Å². The lowest BCUT2D eigenvalue weighted by atomic mass is 10.1. The maximum atomic E-state index is 12.9. The van der Waals surface area contributed by atoms with E-state index in [2.05, 4.69) is 17.4 Å². The zero-order valence-corrected chi connectivity index (χ0v) is 18.1. The molecule has 0 saturated carbocycles. The second kappa shape index (κ2) is 10.6. The first-order valence-electron chi connectivity index (χ1n) is 11.2. The minimum atomic E-state index is -0.250. The molecule has 1 fully saturated rings. The first-order chi connectivity index (χ1) is 15.7. The van der Waals surface area contributed by atoms with Crippen LogP contribution in [0.4, 0.5) is 5.69 Å². The molecule has 1 aliphatic heterocycles. The number of ether oxygens (including phenoxy) is 1. The van der Waals surface area contributed by atoms with E-state index < -0.39 is 0 Å². The molecule has 0 radical (unpaired) electrons. The van der Waals surface area contributed by atoms with E-state index in [1.165, 1.54) is 5.56 Å². The molecule has 32 heavy (non-hydrogen) atoms. The largest absolute Gasteiger partial charge is 0.493 e. The number of anilines is 1. The smallest absolute Gasteiger partial charge is 0.255 e. The number of carbonyl (C=O) groups is 2. The molecule has 164 valence electrons. The molecule has 1 saturated heterocycles. The summed E-state index contributed by atoms with van der Waals surface area (Å²) < 4.78 is 5.80. The fourth-order valence-corrected chi connectivity index (χ4v) is 3.87. The highest BCUT2D eigenvalue weighted by Crippen LogP contribution is 2.21. The van der Waals surface area contributed by atoms with E-state index in [4.69, 9.17) is 4.74 Å². The summed E-state index contributed by atoms with van der Waals surface area (Å²) in [5, 5.41) is 2.90. The van der Waals surface area contributed by atoms with Gasteiger partial charge in [0.15, 0.2) is 0 Å². The monoisotopic (exact) mass is 428 g/mol. The molecule has 3 aromatic rings. The zero-order valence-electron chi connectivity index (χ0n) is 18.1. The second-order valence-electron chi connectivity index (χ2n) is 7.96. The normalized spacial score (nSPS) is 13.4. The van der Waals surface area contributed by atoms with Crippen LogP contribution in [0.3, 0.4) is 0 Å². The number of amides is 2. The van der Waals surface area contributed by atoms with Crippen LogP contribution in [0.5, 0.6) is 5.75 Å². The lowest BCUT2D eigenvalue weighted by Crippen LogP contribution is -2.36. The van der Waals surface area contributed by atoms with Crippen molar-refractivity contribution < 1.29 is 14.3 Å². The minimum absolute atomic E-state index is 0.0252. The zero-order chi connectivity index (χ0) is 22.2. The van der Waals surface area contributed by atoms with E-state index >= 15 is 0 Å². The van der Waals surface area contributed by atoms with Crippen LogP contribution in [0.2, 0.25) is 0 Å². The first-order valence-corrected chi connectivity index (χ1v) is 11.2. The van der Waals surface area contributed by atoms with Gasteiger partial charge in [0, 0.05) is 25.1 Å². The van der Waals surface area contributed by atoms with Crippen molar-refractivity contribution in [2.45, 2.75) is 25.7 Å². The Labute approximate surface area is 189 Å². The van der Waals surface area contributed by atoms with E-state index in [-0.39, 0.29) is 11.8 Å². The Morgan fingerprint density at radius 2 is 1.50 bits per heavy atom. The molecule has 0 aliphatic carbocycles. The van der Waals surface area contributed by atoms with Crippen LogP contribution >= 0.6 is 0 Å². The molecule has 0 spiro atoms. The highest BCUT2D eigenvalue weighted by atomic mass is 16.5. The number of hydrogen-bond donors (Lipinski definition) is 1. The lowest BCUT2D eigenvalue weighted by molar-refractivity contribution is 0.0725. The fourth-order valence-electron chi connectivity index (χ4n) is 3.87. The molecule has 0 bridgehead atoms. The predicted octanol–water partition coefficient (Wildman–Crippen LogP) is 5.19. The van der Waals surface area contributed by atoms with E-state index in [9.17, 15) is 9.59 Å². The van der Waals surface area contributed by atoms with E-state index in [1.807, 2.05) is 35.2 Å². The summed E-state index contributed by atoms with van der Waals surface area (Å²) in [6, 6.07) is 24.4. The Balaban J connectivity index is 1.36. The van der Waals surface area contributed by atoms with Gasteiger partial charge < -0.3 is 15.0 Å². The summed E-state index contributed by atoms with van der Waals surface area (Å²) in [6.45, 7) is 2.11. The molecule has 0 aromatic heterocycles. The third-order valence-electron chi connectivity index (χ3n) is 5.67. The van der Waals surface area contributed by atoms with Crippen molar-refractivity contribution in [1.82, 2.24) is 4.90 Å². The molecule has 0 atom stereocenters. The number of nitrogens with one attached hydrogen (secondary N) is 1. The molecule has 2 amide bonds. The Kier molecular flexibility index (Phi) is 7.18. The number of hydrogen-bond acceptors (Lipinski definition) is 3. The van der Waals surface area contributed by atoms with Crippen molar-refractivity contribution in [3.63, 3.8) is 0 Å². The van der Waals surface area contributed by atoms with Gasteiger partial charge in [-0.05, 0) is 61.2 Å². The van der Waals surface area contributed by atoms with Crippen molar-refractivity contribution in [3.8, 4) is 5.75 Å². The van der Waals surface area contributed by atoms with Crippen LogP contribution in [-0.4, -0.2) is 36.4 Å². The van der Waals surface area contributed by atoms with Gasteiger partial charge in [-0.2, -0.15) is 0 Å². The van der Waals surface area contributed by atoms with Crippen molar-refractivity contribution in [2.75, 3.05) is 25.0 Å². The van der Waals surface area contributed by atoms with Gasteiger partial charge in [-0.25, -0.2) is 0 Å². The Morgan fingerprint density at radius 1 is 0.812 bits per heavy atom. The summed E-state index contributed by atoms with van der Waals surface area (Å²) in [7, 11) is 0. The quantitative estimate of drug-likeness (QED) is 0.564. The summed E-state index contributed by atoms with van der Waals surface area (Å²) in [5.74, 6) is 0.445. The number of likely N-dealkylation sites (tertiary alicyclic amines) is 1. The van der Waals surface area contributed by atoms with Crippen molar-refractivity contribution in [1.29, 1.82) is 0 Å². The third kappa shape index (κ3) is 5.55. The summed E-state index contributed by atoms with van der Waals surface area (Å²) in [5.41, 5.74) is 2.81. The molecular weight excluding hydrogens is 400 g/mol. The van der Waals surface area contributed by atoms with Gasteiger partial charge in [0.05, 0.1) is 17.9 Å². The van der Waals surface area contributed by atoms with Gasteiger partial charge in [0.25, 0.3) is 11.8 Å². The Morgan fingerprint density at radius 3 is 2.25 bits per heavy atom. The number of benzene rings is 3. The van der Waals surface area contributed by atoms with E-state index in [0.29, 0.717) is 23.4 Å². The third-order valence-corrected chi connectivity index (χ3v) is 5.67. The highest BCUT2D eigenvalue weighted by molar-refractivity contribution is 6.09. The predicted molar refractivity (Wildman–Crippen MR) is 126 cm³/mol. The standard InChI is InChI=1S/C27H28N2O3/c30-26(22-13-15-23(16-14-22)32-20-17-21-9-3-1-4-10-21)28-25-12-6-5-11-24(25)27(31)29-18-7-2-8-19-29/h1,3-6,9-16H,2,7-8,17-20H2,(H,28,30). The summed E-state index contributed by atoms with van der Waals surface area (Å²) >= 11 is 0. The SMILES string of the molecule is O=C(Nc1ccccc1C(=O)N1CCCCC1)c1ccc(OCCc2ccccc2)cc1. The maximum Gasteiger partial charge on any atom is 0.255 e. The van der Waals surface area contributed by atoms with E-state index in [1.54, 1.807) is 36.4 Å². The molecule has 1 aliphatic rings. The van der Waals surface area contributed by atoms with Gasteiger partial charge in [-0.3, -0.25) is 9.59 Å². The van der Waals surface area contributed by atoms with Crippen LogP contribution in [0, 0.1) is 0 Å². The van der Waals surface area contributed by atoms with Crippen molar-refractivity contribution in [2.24, 2.45) is 0 Å². The molecule has 1 N–H and O–H groups in total. The van der Waals surface area contributed by atoms with E-state index in [0.717, 1.165) is 44.5 Å². The highest BCUT2D eigenvalue weighted by Gasteiger charge is 2.21. The average molecular weight is 429 g/mol. The molecule has 4 rings (SSSR count). The minimum Gasteiger partial charge on any atom is -0.493 e. The summed E-state index contributed by atoms with van der Waals surface area (Å²) in [6.07, 6.45) is 4.04. The molecule has 3 aromatic carbocycles. The van der Waals surface area contributed by atoms with Crippen LogP contribution in [0.25, 0.3) is 0 Å². The van der Waals surface area contributed by atoms with Gasteiger partial charge in [0.1, 0.15) is 5.75 Å².